The average Bonchev–Trinajstić information content (AvgIpc) is 3.66. The highest BCUT2D eigenvalue weighted by molar-refractivity contribution is 5.71. The first-order valence-corrected chi connectivity index (χ1v) is 21.6. The van der Waals surface area contributed by atoms with Crippen molar-refractivity contribution in [2.45, 2.75) is 154 Å². The molecular formula is C46H66O9. The number of rotatable bonds is 21. The molecule has 4 N–H and O–H groups in total. The Kier molecular flexibility index (Phi) is 15.0. The van der Waals surface area contributed by atoms with Crippen LogP contribution < -0.4 is 9.47 Å². The van der Waals surface area contributed by atoms with Gasteiger partial charge in [-0.1, -0.05) is 76.6 Å². The van der Waals surface area contributed by atoms with Crippen molar-refractivity contribution >= 4 is 11.9 Å². The van der Waals surface area contributed by atoms with Gasteiger partial charge in [0, 0.05) is 0 Å². The first-order valence-electron chi connectivity index (χ1n) is 21.6. The predicted octanol–water partition coefficient (Wildman–Crippen LogP) is 7.65. The van der Waals surface area contributed by atoms with Crippen LogP contribution in [0.2, 0.25) is 0 Å². The lowest BCUT2D eigenvalue weighted by molar-refractivity contribution is -0.153. The molecule has 0 bridgehead atoms. The van der Waals surface area contributed by atoms with Crippen LogP contribution in [0, 0.1) is 35.5 Å². The van der Waals surface area contributed by atoms with Gasteiger partial charge in [0.15, 0.2) is 13.2 Å². The number of carbonyl (C=O) groups is 2. The number of esters is 1. The molecule has 2 aromatic rings. The van der Waals surface area contributed by atoms with Crippen LogP contribution >= 0.6 is 0 Å². The summed E-state index contributed by atoms with van der Waals surface area (Å²) < 4.78 is 18.2. The first kappa shape index (κ1) is 41.5. The van der Waals surface area contributed by atoms with Gasteiger partial charge in [-0.15, -0.1) is 0 Å². The minimum atomic E-state index is -1.01. The van der Waals surface area contributed by atoms with Gasteiger partial charge in [-0.3, -0.25) is 0 Å². The van der Waals surface area contributed by atoms with E-state index in [0.717, 1.165) is 119 Å². The number of fused-ring (bicyclic) bond motifs is 4. The molecule has 0 radical (unpaired) electrons. The molecule has 0 spiro atoms. The summed E-state index contributed by atoms with van der Waals surface area (Å²) in [4.78, 5) is 24.8. The molecule has 0 unspecified atom stereocenters. The van der Waals surface area contributed by atoms with Gasteiger partial charge in [-0.2, -0.15) is 0 Å². The number of unbranched alkanes of at least 4 members (excludes halogenated alkanes) is 4. The van der Waals surface area contributed by atoms with E-state index in [1.807, 2.05) is 24.3 Å². The smallest absolute Gasteiger partial charge is 0.344 e. The summed E-state index contributed by atoms with van der Waals surface area (Å²) in [5.74, 6) is 1.50. The molecule has 9 nitrogen and oxygen atoms in total. The molecule has 55 heavy (non-hydrogen) atoms. The summed E-state index contributed by atoms with van der Waals surface area (Å²) in [6.07, 6.45) is 14.6. The molecule has 4 aliphatic carbocycles. The number of aliphatic hydroxyl groups is 3. The minimum absolute atomic E-state index is 0.104. The molecule has 2 aromatic carbocycles. The van der Waals surface area contributed by atoms with E-state index in [-0.39, 0.29) is 67.3 Å². The SMILES string of the molecule is CCCCC[C@@H](O)CC[C@@H]1[C@H]2Cc3cccc(OCC(=O)O[C@@H]4C[C@@H]5Cc6c(cccc6OCC(=O)O)C[C@@H]5[C@H]4CC[C@@H](O)CCCCC)c3C[C@H]2C[C@@H]1O. The lowest BCUT2D eigenvalue weighted by Crippen LogP contribution is -2.31. The summed E-state index contributed by atoms with van der Waals surface area (Å²) in [5.41, 5.74) is 4.56. The van der Waals surface area contributed by atoms with Crippen molar-refractivity contribution in [1.29, 1.82) is 0 Å². The summed E-state index contributed by atoms with van der Waals surface area (Å²) >= 11 is 0. The number of carboxylic acids is 1. The zero-order valence-electron chi connectivity index (χ0n) is 33.2. The minimum Gasteiger partial charge on any atom is -0.482 e. The van der Waals surface area contributed by atoms with Gasteiger partial charge in [0.05, 0.1) is 18.3 Å². The van der Waals surface area contributed by atoms with Crippen LogP contribution in [0.15, 0.2) is 36.4 Å². The molecule has 2 fully saturated rings. The lowest BCUT2D eigenvalue weighted by atomic mass is 9.73. The fourth-order valence-corrected chi connectivity index (χ4v) is 10.8. The standard InChI is InChI=1S/C46H66O9/c1-3-5-7-13-33(47)17-19-35-37-21-29-11-10-16-43(39(29)23-31(37)25-41(35)49)54-28-46(52)55-44-26-32-24-40-30(12-9-15-42(40)53-27-45(50)51)22-38(32)36(44)20-18-34(48)14-8-6-4-2/h9-12,15-16,31-38,41,44,47-49H,3-8,13-14,17-28H2,1-2H3,(H,50,51)/t31-,32-,33+,34-,35+,36+,37-,38-,41-,44+/m0/s1. The quantitative estimate of drug-likeness (QED) is 0.0746. The van der Waals surface area contributed by atoms with E-state index in [1.54, 1.807) is 0 Å². The third-order valence-electron chi connectivity index (χ3n) is 13.6. The van der Waals surface area contributed by atoms with Gasteiger partial charge in [-0.25, -0.2) is 9.59 Å². The molecule has 0 aliphatic heterocycles. The van der Waals surface area contributed by atoms with Crippen LogP contribution in [-0.2, 0) is 40.0 Å². The molecule has 9 heteroatoms. The summed E-state index contributed by atoms with van der Waals surface area (Å²) in [5, 5.41) is 41.8. The van der Waals surface area contributed by atoms with Crippen molar-refractivity contribution in [3.8, 4) is 11.5 Å². The molecule has 0 saturated heterocycles. The van der Waals surface area contributed by atoms with E-state index in [2.05, 4.69) is 26.0 Å². The second-order valence-corrected chi connectivity index (χ2v) is 17.3. The van der Waals surface area contributed by atoms with Gasteiger partial charge in [0.2, 0.25) is 0 Å². The van der Waals surface area contributed by atoms with Gasteiger partial charge >= 0.3 is 11.9 Å². The second-order valence-electron chi connectivity index (χ2n) is 17.3. The summed E-state index contributed by atoms with van der Waals surface area (Å²) in [6.45, 7) is 3.77. The monoisotopic (exact) mass is 762 g/mol. The summed E-state index contributed by atoms with van der Waals surface area (Å²) in [7, 11) is 0. The lowest BCUT2D eigenvalue weighted by Gasteiger charge is -2.33. The Balaban J connectivity index is 1.08. The van der Waals surface area contributed by atoms with Crippen molar-refractivity contribution < 1.29 is 44.2 Å². The average molecular weight is 763 g/mol. The molecule has 0 heterocycles. The zero-order valence-corrected chi connectivity index (χ0v) is 33.2. The van der Waals surface area contributed by atoms with Crippen LogP contribution in [0.5, 0.6) is 11.5 Å². The van der Waals surface area contributed by atoms with Crippen LogP contribution in [0.4, 0.5) is 0 Å². The van der Waals surface area contributed by atoms with E-state index in [9.17, 15) is 30.0 Å². The van der Waals surface area contributed by atoms with Gasteiger partial charge < -0.3 is 34.6 Å². The van der Waals surface area contributed by atoms with Gasteiger partial charge in [0.25, 0.3) is 0 Å². The maximum absolute atomic E-state index is 13.6. The topological polar surface area (TPSA) is 143 Å². The van der Waals surface area contributed by atoms with Crippen molar-refractivity contribution in [1.82, 2.24) is 0 Å². The highest BCUT2D eigenvalue weighted by atomic mass is 16.6. The van der Waals surface area contributed by atoms with E-state index in [0.29, 0.717) is 36.2 Å². The number of hydrogen-bond acceptors (Lipinski definition) is 8. The normalized spacial score (nSPS) is 27.7. The Morgan fingerprint density at radius 2 is 1.22 bits per heavy atom. The zero-order chi connectivity index (χ0) is 38.9. The molecule has 10 atom stereocenters. The van der Waals surface area contributed by atoms with E-state index in [4.69, 9.17) is 14.2 Å². The fraction of sp³-hybridized carbons (Fsp3) is 0.696. The number of hydrogen-bond donors (Lipinski definition) is 4. The highest BCUT2D eigenvalue weighted by Gasteiger charge is 2.48. The number of carbonyl (C=O) groups excluding carboxylic acids is 1. The third-order valence-corrected chi connectivity index (χ3v) is 13.6. The molecule has 304 valence electrons. The Bertz CT molecular complexity index is 1560. The number of carboxylic acid groups (broad SMARTS) is 1. The number of ether oxygens (including phenoxy) is 3. The van der Waals surface area contributed by atoms with Crippen molar-refractivity contribution in [2.24, 2.45) is 35.5 Å². The Morgan fingerprint density at radius 1 is 0.691 bits per heavy atom. The van der Waals surface area contributed by atoms with Crippen molar-refractivity contribution in [3.05, 3.63) is 58.7 Å². The van der Waals surface area contributed by atoms with Crippen molar-refractivity contribution in [2.75, 3.05) is 13.2 Å². The van der Waals surface area contributed by atoms with Crippen LogP contribution in [0.3, 0.4) is 0 Å². The third kappa shape index (κ3) is 10.6. The van der Waals surface area contributed by atoms with Crippen LogP contribution in [0.1, 0.15) is 126 Å². The second kappa shape index (κ2) is 19.8. The predicted molar refractivity (Wildman–Crippen MR) is 211 cm³/mol. The van der Waals surface area contributed by atoms with Crippen LogP contribution in [-0.4, -0.2) is 70.0 Å². The molecule has 0 amide bonds. The van der Waals surface area contributed by atoms with Crippen LogP contribution in [0.25, 0.3) is 0 Å². The largest absolute Gasteiger partial charge is 0.482 e. The molecule has 4 aliphatic rings. The van der Waals surface area contributed by atoms with Crippen molar-refractivity contribution in [3.63, 3.8) is 0 Å². The Labute approximate surface area is 328 Å². The maximum atomic E-state index is 13.6. The maximum Gasteiger partial charge on any atom is 0.344 e. The van der Waals surface area contributed by atoms with Gasteiger partial charge in [-0.05, 0) is 147 Å². The fourth-order valence-electron chi connectivity index (χ4n) is 10.8. The molecule has 6 rings (SSSR count). The van der Waals surface area contributed by atoms with E-state index < -0.39 is 5.97 Å². The number of aliphatic hydroxyl groups excluding tert-OH is 3. The Hall–Kier alpha value is -3.14. The van der Waals surface area contributed by atoms with E-state index in [1.165, 1.54) is 5.56 Å². The number of benzene rings is 2. The Morgan fingerprint density at radius 3 is 1.78 bits per heavy atom. The number of aliphatic carboxylic acids is 1. The molecule has 2 saturated carbocycles. The first-order chi connectivity index (χ1) is 26.6. The summed E-state index contributed by atoms with van der Waals surface area (Å²) in [6, 6.07) is 11.9. The van der Waals surface area contributed by atoms with E-state index >= 15 is 0 Å². The molecular weight excluding hydrogens is 696 g/mol. The highest BCUT2D eigenvalue weighted by Crippen LogP contribution is 2.50. The van der Waals surface area contributed by atoms with Gasteiger partial charge in [0.1, 0.15) is 17.6 Å². The molecule has 0 aromatic heterocycles.